The first-order valence-electron chi connectivity index (χ1n) is 11.5. The fourth-order valence-electron chi connectivity index (χ4n) is 4.13. The van der Waals surface area contributed by atoms with E-state index in [1.165, 1.54) is 51.7 Å². The Hall–Kier alpha value is -1.56. The second-order valence-corrected chi connectivity index (χ2v) is 10.0. The van der Waals surface area contributed by atoms with E-state index in [4.69, 9.17) is 0 Å². The summed E-state index contributed by atoms with van der Waals surface area (Å²) in [7, 11) is 0. The van der Waals surface area contributed by atoms with Gasteiger partial charge in [0.2, 0.25) is 6.41 Å². The Balaban J connectivity index is 0.000000293. The van der Waals surface area contributed by atoms with Gasteiger partial charge >= 0.3 is 0 Å². The summed E-state index contributed by atoms with van der Waals surface area (Å²) < 4.78 is 36.8. The molecule has 1 heterocycles. The van der Waals surface area contributed by atoms with Gasteiger partial charge in [-0.2, -0.15) is 0 Å². The second-order valence-electron chi connectivity index (χ2n) is 10.0. The summed E-state index contributed by atoms with van der Waals surface area (Å²) in [6.45, 7) is 17.6. The van der Waals surface area contributed by atoms with Crippen LogP contribution in [-0.4, -0.2) is 30.9 Å². The standard InChI is InChI=1S/C15H29N.C8H6F3NO.C2H6/c1-13-5-7-15(8-6-13)11-16(12-15)10-9-14(2,3)4;9-6-1-5(8(10)11)2-7(3-6)12-4-13;1-2/h13H,5-12H2,1-4H3;1-4,8H,(H,12,13);1-2H3. The number of hydrogen-bond acceptors (Lipinski definition) is 2. The van der Waals surface area contributed by atoms with Crippen LogP contribution >= 0.6 is 0 Å². The van der Waals surface area contributed by atoms with Crippen molar-refractivity contribution in [1.82, 2.24) is 4.90 Å². The molecule has 0 bridgehead atoms. The molecule has 31 heavy (non-hydrogen) atoms. The van der Waals surface area contributed by atoms with Gasteiger partial charge in [-0.05, 0) is 60.8 Å². The number of nitrogens with zero attached hydrogens (tertiary/aromatic N) is 1. The van der Waals surface area contributed by atoms with E-state index in [2.05, 4.69) is 37.9 Å². The third-order valence-electron chi connectivity index (χ3n) is 6.03. The predicted octanol–water partition coefficient (Wildman–Crippen LogP) is 7.29. The molecule has 1 saturated heterocycles. The number of halogens is 3. The molecule has 1 saturated carbocycles. The zero-order chi connectivity index (χ0) is 23.7. The van der Waals surface area contributed by atoms with Crippen molar-refractivity contribution in [1.29, 1.82) is 0 Å². The van der Waals surface area contributed by atoms with Gasteiger partial charge in [0.15, 0.2) is 0 Å². The van der Waals surface area contributed by atoms with Crippen molar-refractivity contribution in [3.8, 4) is 0 Å². The van der Waals surface area contributed by atoms with Gasteiger partial charge < -0.3 is 10.2 Å². The van der Waals surface area contributed by atoms with E-state index < -0.39 is 17.8 Å². The molecule has 0 radical (unpaired) electrons. The zero-order valence-corrected chi connectivity index (χ0v) is 20.1. The molecule has 2 aliphatic rings. The van der Waals surface area contributed by atoms with Gasteiger partial charge in [-0.1, -0.05) is 54.4 Å². The molecule has 1 aromatic rings. The third-order valence-corrected chi connectivity index (χ3v) is 6.03. The summed E-state index contributed by atoms with van der Waals surface area (Å²) in [4.78, 5) is 12.6. The Bertz CT molecular complexity index is 657. The minimum absolute atomic E-state index is 0.0188. The fourth-order valence-corrected chi connectivity index (χ4v) is 4.13. The molecule has 2 fully saturated rings. The van der Waals surface area contributed by atoms with Crippen molar-refractivity contribution in [3.05, 3.63) is 29.6 Å². The van der Waals surface area contributed by atoms with E-state index in [1.54, 1.807) is 0 Å². The minimum Gasteiger partial charge on any atom is -0.329 e. The van der Waals surface area contributed by atoms with Gasteiger partial charge in [-0.15, -0.1) is 0 Å². The lowest BCUT2D eigenvalue weighted by Gasteiger charge is -2.54. The molecule has 0 aromatic heterocycles. The van der Waals surface area contributed by atoms with Crippen LogP contribution in [0.1, 0.15) is 85.6 Å². The highest BCUT2D eigenvalue weighted by Gasteiger charge is 2.44. The highest BCUT2D eigenvalue weighted by molar-refractivity contribution is 5.71. The van der Waals surface area contributed by atoms with Gasteiger partial charge in [0.1, 0.15) is 5.82 Å². The van der Waals surface area contributed by atoms with Crippen LogP contribution in [0.4, 0.5) is 18.9 Å². The molecule has 6 heteroatoms. The topological polar surface area (TPSA) is 32.3 Å². The number of nitrogens with one attached hydrogen (secondary N) is 1. The molecule has 0 unspecified atom stereocenters. The molecule has 178 valence electrons. The molecule has 1 N–H and O–H groups in total. The van der Waals surface area contributed by atoms with Crippen LogP contribution in [0, 0.1) is 22.6 Å². The van der Waals surface area contributed by atoms with Crippen LogP contribution in [-0.2, 0) is 4.79 Å². The first-order chi connectivity index (χ1) is 14.5. The number of hydrogen-bond donors (Lipinski definition) is 1. The molecular weight excluding hydrogens is 401 g/mol. The van der Waals surface area contributed by atoms with Crippen LogP contribution in [0.5, 0.6) is 0 Å². The maximum absolute atomic E-state index is 12.6. The van der Waals surface area contributed by atoms with Crippen LogP contribution in [0.3, 0.4) is 0 Å². The molecule has 0 atom stereocenters. The number of alkyl halides is 2. The van der Waals surface area contributed by atoms with Gasteiger partial charge in [-0.3, -0.25) is 4.79 Å². The summed E-state index contributed by atoms with van der Waals surface area (Å²) in [5.74, 6) is 0.191. The van der Waals surface area contributed by atoms with E-state index in [0.717, 1.165) is 29.5 Å². The molecule has 3 rings (SSSR count). The number of carbonyl (C=O) groups is 1. The number of carbonyl (C=O) groups excluding carboxylic acids is 1. The van der Waals surface area contributed by atoms with Crippen LogP contribution in [0.15, 0.2) is 18.2 Å². The Morgan fingerprint density at radius 2 is 1.74 bits per heavy atom. The summed E-state index contributed by atoms with van der Waals surface area (Å²) in [6, 6.07) is 2.70. The average Bonchev–Trinajstić information content (AvgIpc) is 2.67. The van der Waals surface area contributed by atoms with E-state index in [1.807, 2.05) is 13.8 Å². The van der Waals surface area contributed by atoms with Gasteiger partial charge in [0.05, 0.1) is 0 Å². The van der Waals surface area contributed by atoms with E-state index >= 15 is 0 Å². The van der Waals surface area contributed by atoms with Crippen LogP contribution in [0.2, 0.25) is 0 Å². The Labute approximate surface area is 186 Å². The summed E-state index contributed by atoms with van der Waals surface area (Å²) >= 11 is 0. The van der Waals surface area contributed by atoms with Crippen molar-refractivity contribution in [2.75, 3.05) is 25.0 Å². The molecule has 3 nitrogen and oxygen atoms in total. The maximum Gasteiger partial charge on any atom is 0.264 e. The van der Waals surface area contributed by atoms with E-state index in [-0.39, 0.29) is 5.69 Å². The lowest BCUT2D eigenvalue weighted by atomic mass is 9.66. The smallest absolute Gasteiger partial charge is 0.264 e. The van der Waals surface area contributed by atoms with Gasteiger partial charge in [0, 0.05) is 24.3 Å². The molecule has 1 aliphatic heterocycles. The largest absolute Gasteiger partial charge is 0.329 e. The van der Waals surface area contributed by atoms with E-state index in [9.17, 15) is 18.0 Å². The van der Waals surface area contributed by atoms with Crippen molar-refractivity contribution in [2.24, 2.45) is 16.7 Å². The van der Waals surface area contributed by atoms with E-state index in [0.29, 0.717) is 11.8 Å². The third kappa shape index (κ3) is 9.63. The molecule has 1 aliphatic carbocycles. The van der Waals surface area contributed by atoms with Gasteiger partial charge in [-0.25, -0.2) is 13.2 Å². The lowest BCUT2D eigenvalue weighted by Crippen LogP contribution is -2.57. The monoisotopic (exact) mass is 442 g/mol. The first kappa shape index (κ1) is 27.5. The van der Waals surface area contributed by atoms with Crippen LogP contribution < -0.4 is 5.32 Å². The minimum atomic E-state index is -2.75. The Kier molecular flexibility index (Phi) is 11.1. The number of benzene rings is 1. The van der Waals surface area contributed by atoms with Crippen LogP contribution in [0.25, 0.3) is 0 Å². The quantitative estimate of drug-likeness (QED) is 0.486. The Morgan fingerprint density at radius 1 is 1.16 bits per heavy atom. The lowest BCUT2D eigenvalue weighted by molar-refractivity contribution is -0.105. The number of anilines is 1. The van der Waals surface area contributed by atoms with Crippen molar-refractivity contribution in [2.45, 2.75) is 80.1 Å². The summed E-state index contributed by atoms with van der Waals surface area (Å²) in [5.41, 5.74) is 0.823. The van der Waals surface area contributed by atoms with Crippen molar-refractivity contribution < 1.29 is 18.0 Å². The number of amides is 1. The fraction of sp³-hybridized carbons (Fsp3) is 0.720. The zero-order valence-electron chi connectivity index (χ0n) is 20.1. The first-order valence-corrected chi connectivity index (χ1v) is 11.5. The predicted molar refractivity (Wildman–Crippen MR) is 123 cm³/mol. The molecular formula is C25H41F3N2O. The normalized spacial score (nSPS) is 18.4. The molecule has 1 amide bonds. The Morgan fingerprint density at radius 3 is 2.23 bits per heavy atom. The van der Waals surface area contributed by atoms with Gasteiger partial charge in [0.25, 0.3) is 6.43 Å². The summed E-state index contributed by atoms with van der Waals surface area (Å²) in [6.07, 6.45) is 4.85. The average molecular weight is 443 g/mol. The second kappa shape index (κ2) is 12.5. The number of likely N-dealkylation sites (tertiary alicyclic amines) is 1. The van der Waals surface area contributed by atoms with Crippen molar-refractivity contribution in [3.63, 3.8) is 0 Å². The van der Waals surface area contributed by atoms with Crippen molar-refractivity contribution >= 4 is 12.1 Å². The molecule has 1 spiro atoms. The highest BCUT2D eigenvalue weighted by atomic mass is 19.3. The number of rotatable bonds is 5. The maximum atomic E-state index is 12.6. The summed E-state index contributed by atoms with van der Waals surface area (Å²) in [5, 5.41) is 2.09. The molecule has 1 aromatic carbocycles. The SMILES string of the molecule is CC.CC1CCC2(CC1)CN(CCC(C)(C)C)C2.O=CNc1cc(F)cc(C(F)F)c1. The highest BCUT2D eigenvalue weighted by Crippen LogP contribution is 2.45.